The van der Waals surface area contributed by atoms with Crippen LogP contribution in [0.3, 0.4) is 0 Å². The molecule has 1 aromatic rings. The highest BCUT2D eigenvalue weighted by molar-refractivity contribution is 5.89. The predicted molar refractivity (Wildman–Crippen MR) is 112 cm³/mol. The summed E-state index contributed by atoms with van der Waals surface area (Å²) in [6.07, 6.45) is 7.06. The Labute approximate surface area is 172 Å². The Bertz CT molecular complexity index is 769. The molecule has 0 saturated carbocycles. The van der Waals surface area contributed by atoms with Gasteiger partial charge in [-0.3, -0.25) is 14.5 Å². The molecule has 156 valence electrons. The molecule has 3 rings (SSSR count). The first-order valence-corrected chi connectivity index (χ1v) is 10.3. The van der Waals surface area contributed by atoms with Crippen molar-refractivity contribution in [3.63, 3.8) is 0 Å². The van der Waals surface area contributed by atoms with Crippen molar-refractivity contribution in [3.8, 4) is 0 Å². The van der Waals surface area contributed by atoms with Gasteiger partial charge in [0, 0.05) is 37.3 Å². The summed E-state index contributed by atoms with van der Waals surface area (Å²) in [5, 5.41) is 2.85. The molecule has 2 amide bonds. The Balaban J connectivity index is 1.77. The van der Waals surface area contributed by atoms with Crippen LogP contribution in [0.5, 0.6) is 0 Å². The average molecular weight is 400 g/mol. The SMILES string of the molecule is C=CCC1(CC=C)CCCN1C(=O)CC1C(=O)NCCN1Cc1ccccc1F. The van der Waals surface area contributed by atoms with Crippen molar-refractivity contribution in [1.29, 1.82) is 0 Å². The molecule has 29 heavy (non-hydrogen) atoms. The summed E-state index contributed by atoms with van der Waals surface area (Å²) in [4.78, 5) is 29.7. The van der Waals surface area contributed by atoms with E-state index in [2.05, 4.69) is 18.5 Å². The van der Waals surface area contributed by atoms with Gasteiger partial charge in [0.05, 0.1) is 12.5 Å². The van der Waals surface area contributed by atoms with Crippen LogP contribution in [0, 0.1) is 5.82 Å². The Morgan fingerprint density at radius 3 is 2.66 bits per heavy atom. The molecule has 2 aliphatic heterocycles. The summed E-state index contributed by atoms with van der Waals surface area (Å²) in [5.74, 6) is -0.496. The second-order valence-electron chi connectivity index (χ2n) is 7.93. The second kappa shape index (κ2) is 9.35. The highest BCUT2D eigenvalue weighted by Crippen LogP contribution is 2.37. The number of rotatable bonds is 8. The van der Waals surface area contributed by atoms with Crippen LogP contribution in [0.2, 0.25) is 0 Å². The van der Waals surface area contributed by atoms with Crippen LogP contribution in [0.25, 0.3) is 0 Å². The van der Waals surface area contributed by atoms with E-state index in [1.165, 1.54) is 6.07 Å². The van der Waals surface area contributed by atoms with Crippen LogP contribution in [0.15, 0.2) is 49.6 Å². The first-order valence-electron chi connectivity index (χ1n) is 10.3. The fourth-order valence-electron chi connectivity index (χ4n) is 4.67. The fraction of sp³-hybridized carbons (Fsp3) is 0.478. The van der Waals surface area contributed by atoms with Crippen molar-refractivity contribution in [2.45, 2.75) is 50.2 Å². The van der Waals surface area contributed by atoms with Crippen LogP contribution in [-0.2, 0) is 16.1 Å². The van der Waals surface area contributed by atoms with Gasteiger partial charge < -0.3 is 10.2 Å². The van der Waals surface area contributed by atoms with E-state index >= 15 is 0 Å². The maximum atomic E-state index is 14.1. The summed E-state index contributed by atoms with van der Waals surface area (Å²) >= 11 is 0. The summed E-state index contributed by atoms with van der Waals surface area (Å²) in [7, 11) is 0. The van der Waals surface area contributed by atoms with Gasteiger partial charge in [-0.1, -0.05) is 30.4 Å². The first-order chi connectivity index (χ1) is 14.0. The van der Waals surface area contributed by atoms with Gasteiger partial charge in [0.15, 0.2) is 0 Å². The minimum Gasteiger partial charge on any atom is -0.353 e. The Kier molecular flexibility index (Phi) is 6.85. The van der Waals surface area contributed by atoms with Crippen LogP contribution in [0.4, 0.5) is 4.39 Å². The van der Waals surface area contributed by atoms with E-state index in [0.29, 0.717) is 44.6 Å². The molecule has 5 nitrogen and oxygen atoms in total. The van der Waals surface area contributed by atoms with Crippen LogP contribution in [-0.4, -0.2) is 52.8 Å². The van der Waals surface area contributed by atoms with Crippen molar-refractivity contribution < 1.29 is 14.0 Å². The van der Waals surface area contributed by atoms with E-state index < -0.39 is 6.04 Å². The normalized spacial score (nSPS) is 21.6. The lowest BCUT2D eigenvalue weighted by molar-refractivity contribution is -0.141. The number of carbonyl (C=O) groups is 2. The van der Waals surface area contributed by atoms with Gasteiger partial charge in [-0.15, -0.1) is 13.2 Å². The molecule has 2 fully saturated rings. The number of carbonyl (C=O) groups excluding carboxylic acids is 2. The molecule has 2 saturated heterocycles. The monoisotopic (exact) mass is 399 g/mol. The molecule has 2 heterocycles. The number of nitrogens with one attached hydrogen (secondary N) is 1. The van der Waals surface area contributed by atoms with Gasteiger partial charge in [0.1, 0.15) is 5.82 Å². The topological polar surface area (TPSA) is 52.7 Å². The molecule has 1 N–H and O–H groups in total. The number of amides is 2. The number of piperazine rings is 1. The second-order valence-corrected chi connectivity index (χ2v) is 7.93. The van der Waals surface area contributed by atoms with Crippen LogP contribution >= 0.6 is 0 Å². The molecule has 0 spiro atoms. The van der Waals surface area contributed by atoms with Crippen LogP contribution in [0.1, 0.15) is 37.7 Å². The van der Waals surface area contributed by atoms with Crippen molar-refractivity contribution in [2.75, 3.05) is 19.6 Å². The maximum Gasteiger partial charge on any atom is 0.237 e. The predicted octanol–water partition coefficient (Wildman–Crippen LogP) is 3.03. The minimum absolute atomic E-state index is 0.0354. The molecule has 0 aromatic heterocycles. The summed E-state index contributed by atoms with van der Waals surface area (Å²) in [6, 6.07) is 5.98. The van der Waals surface area contributed by atoms with Crippen molar-refractivity contribution >= 4 is 11.8 Å². The number of likely N-dealkylation sites (tertiary alicyclic amines) is 1. The third-order valence-electron chi connectivity index (χ3n) is 6.09. The summed E-state index contributed by atoms with van der Waals surface area (Å²) < 4.78 is 14.1. The molecular weight excluding hydrogens is 369 g/mol. The number of nitrogens with zero attached hydrogens (tertiary/aromatic N) is 2. The third-order valence-corrected chi connectivity index (χ3v) is 6.09. The minimum atomic E-state index is -0.596. The van der Waals surface area contributed by atoms with Gasteiger partial charge in [-0.2, -0.15) is 0 Å². The van der Waals surface area contributed by atoms with E-state index in [-0.39, 0.29) is 29.6 Å². The van der Waals surface area contributed by atoms with E-state index in [4.69, 9.17) is 0 Å². The zero-order valence-corrected chi connectivity index (χ0v) is 16.9. The smallest absolute Gasteiger partial charge is 0.237 e. The van der Waals surface area contributed by atoms with E-state index in [9.17, 15) is 14.0 Å². The van der Waals surface area contributed by atoms with Crippen molar-refractivity contribution in [2.24, 2.45) is 0 Å². The standard InChI is InChI=1S/C23H30FN3O2/c1-3-10-23(11-4-2)12-7-14-27(23)21(28)16-20-22(29)25-13-15-26(20)17-18-8-5-6-9-19(18)24/h3-6,8-9,20H,1-2,7,10-17H2,(H,25,29). The van der Waals surface area contributed by atoms with Gasteiger partial charge in [0.25, 0.3) is 0 Å². The molecular formula is C23H30FN3O2. The lowest BCUT2D eigenvalue weighted by Gasteiger charge is -2.40. The molecule has 1 atom stereocenters. The van der Waals surface area contributed by atoms with Gasteiger partial charge >= 0.3 is 0 Å². The van der Waals surface area contributed by atoms with Crippen molar-refractivity contribution in [1.82, 2.24) is 15.1 Å². The van der Waals surface area contributed by atoms with Crippen molar-refractivity contribution in [3.05, 3.63) is 61.0 Å². The van der Waals surface area contributed by atoms with Gasteiger partial charge in [-0.25, -0.2) is 4.39 Å². The highest BCUT2D eigenvalue weighted by atomic mass is 19.1. The van der Waals surface area contributed by atoms with Gasteiger partial charge in [-0.05, 0) is 31.7 Å². The maximum absolute atomic E-state index is 14.1. The zero-order chi connectivity index (χ0) is 20.9. The lowest BCUT2D eigenvalue weighted by Crippen LogP contribution is -2.57. The zero-order valence-electron chi connectivity index (χ0n) is 16.9. The Morgan fingerprint density at radius 2 is 1.97 bits per heavy atom. The van der Waals surface area contributed by atoms with E-state index in [1.54, 1.807) is 18.2 Å². The summed E-state index contributed by atoms with van der Waals surface area (Å²) in [5.41, 5.74) is 0.246. The molecule has 0 aliphatic carbocycles. The Morgan fingerprint density at radius 1 is 1.24 bits per heavy atom. The highest BCUT2D eigenvalue weighted by Gasteiger charge is 2.43. The number of benzene rings is 1. The van der Waals surface area contributed by atoms with E-state index in [0.717, 1.165) is 12.8 Å². The molecule has 1 unspecified atom stereocenters. The largest absolute Gasteiger partial charge is 0.353 e. The molecule has 0 radical (unpaired) electrons. The molecule has 0 bridgehead atoms. The number of hydrogen-bond donors (Lipinski definition) is 1. The third kappa shape index (κ3) is 4.58. The number of halogens is 1. The first kappa shape index (κ1) is 21.2. The summed E-state index contributed by atoms with van der Waals surface area (Å²) in [6.45, 7) is 9.80. The lowest BCUT2D eigenvalue weighted by atomic mass is 9.87. The Hall–Kier alpha value is -2.47. The van der Waals surface area contributed by atoms with E-state index in [1.807, 2.05) is 22.0 Å². The molecule has 2 aliphatic rings. The fourth-order valence-corrected chi connectivity index (χ4v) is 4.67. The quantitative estimate of drug-likeness (QED) is 0.684. The molecule has 6 heteroatoms. The number of hydrogen-bond acceptors (Lipinski definition) is 3. The van der Waals surface area contributed by atoms with Crippen LogP contribution < -0.4 is 5.32 Å². The van der Waals surface area contributed by atoms with Gasteiger partial charge in [0.2, 0.25) is 11.8 Å². The molecule has 1 aromatic carbocycles. The average Bonchev–Trinajstić information content (AvgIpc) is 3.10.